The second kappa shape index (κ2) is 7.21. The Hall–Kier alpha value is -4.17. The number of aromatic amines is 2. The minimum Gasteiger partial charge on any atom is -0.352 e. The summed E-state index contributed by atoms with van der Waals surface area (Å²) in [5.74, 6) is 0.0667. The van der Waals surface area contributed by atoms with Crippen LogP contribution < -0.4 is 0 Å². The van der Waals surface area contributed by atoms with Crippen LogP contribution >= 0.6 is 11.3 Å². The van der Waals surface area contributed by atoms with Crippen molar-refractivity contribution in [3.63, 3.8) is 0 Å². The molecule has 0 aliphatic heterocycles. The van der Waals surface area contributed by atoms with E-state index in [9.17, 15) is 4.79 Å². The summed E-state index contributed by atoms with van der Waals surface area (Å²) in [7, 11) is 0. The molecule has 0 spiro atoms. The summed E-state index contributed by atoms with van der Waals surface area (Å²) in [6, 6.07) is 11.9. The van der Waals surface area contributed by atoms with Crippen LogP contribution in [0.15, 0.2) is 67.4 Å². The summed E-state index contributed by atoms with van der Waals surface area (Å²) in [4.78, 5) is 30.1. The van der Waals surface area contributed by atoms with Gasteiger partial charge in [-0.25, -0.2) is 4.98 Å². The van der Waals surface area contributed by atoms with Gasteiger partial charge in [0.1, 0.15) is 0 Å². The van der Waals surface area contributed by atoms with E-state index in [-0.39, 0.29) is 5.78 Å². The van der Waals surface area contributed by atoms with E-state index in [1.807, 2.05) is 36.7 Å². The number of nitrogens with one attached hydrogen (secondary N) is 2. The summed E-state index contributed by atoms with van der Waals surface area (Å²) in [6.07, 6.45) is 9.02. The molecule has 0 aliphatic rings. The Labute approximate surface area is 186 Å². The lowest BCUT2D eigenvalue weighted by Gasteiger charge is -2.01. The van der Waals surface area contributed by atoms with E-state index in [0.29, 0.717) is 5.65 Å². The number of thiophene rings is 1. The molecule has 0 aliphatic carbocycles. The van der Waals surface area contributed by atoms with Crippen molar-refractivity contribution in [3.05, 3.63) is 72.3 Å². The van der Waals surface area contributed by atoms with Crippen molar-refractivity contribution in [2.24, 2.45) is 0 Å². The highest BCUT2D eigenvalue weighted by Crippen LogP contribution is 2.36. The second-order valence-electron chi connectivity index (χ2n) is 7.49. The minimum atomic E-state index is 0.0667. The van der Waals surface area contributed by atoms with Crippen molar-refractivity contribution in [1.29, 1.82) is 0 Å². The van der Waals surface area contributed by atoms with Gasteiger partial charge >= 0.3 is 0 Å². The number of Topliss-reactive ketones (excluding diaryl/α,β-unsaturated/α-hetero) is 1. The summed E-state index contributed by atoms with van der Waals surface area (Å²) in [6.45, 7) is 1.58. The van der Waals surface area contributed by atoms with Crippen LogP contribution in [0, 0.1) is 0 Å². The Balaban J connectivity index is 1.49. The largest absolute Gasteiger partial charge is 0.352 e. The zero-order valence-corrected chi connectivity index (χ0v) is 17.8. The highest BCUT2D eigenvalue weighted by atomic mass is 32.1. The Kier molecular flexibility index (Phi) is 4.19. The average Bonchev–Trinajstić information content (AvgIpc) is 3.56. The molecule has 6 aromatic heterocycles. The number of rotatable bonds is 4. The SMILES string of the molecule is CC(=O)c1ccc(-c2cncc3[nH]c(-c4[nH]nc5ncc(-c6cccnc6)cc45)cc23)s1. The smallest absolute Gasteiger partial charge is 0.181 e. The molecule has 0 fully saturated rings. The fourth-order valence-electron chi connectivity index (χ4n) is 3.85. The molecule has 0 amide bonds. The zero-order chi connectivity index (χ0) is 21.7. The van der Waals surface area contributed by atoms with Gasteiger partial charge in [0.2, 0.25) is 0 Å². The van der Waals surface area contributed by atoms with Gasteiger partial charge in [-0.1, -0.05) is 6.07 Å². The molecule has 8 heteroatoms. The maximum atomic E-state index is 11.7. The summed E-state index contributed by atoms with van der Waals surface area (Å²) >= 11 is 1.48. The van der Waals surface area contributed by atoms with Gasteiger partial charge in [0, 0.05) is 57.1 Å². The Bertz CT molecular complexity index is 1610. The molecule has 154 valence electrons. The van der Waals surface area contributed by atoms with Crippen LogP contribution in [0.2, 0.25) is 0 Å². The lowest BCUT2D eigenvalue weighted by molar-refractivity contribution is 0.102. The average molecular weight is 437 g/mol. The predicted molar refractivity (Wildman–Crippen MR) is 126 cm³/mol. The Morgan fingerprint density at radius 3 is 2.72 bits per heavy atom. The molecule has 0 radical (unpaired) electrons. The van der Waals surface area contributed by atoms with Crippen LogP contribution in [0.5, 0.6) is 0 Å². The minimum absolute atomic E-state index is 0.0667. The Morgan fingerprint density at radius 1 is 0.969 bits per heavy atom. The highest BCUT2D eigenvalue weighted by molar-refractivity contribution is 7.17. The number of pyridine rings is 3. The molecule has 0 saturated carbocycles. The van der Waals surface area contributed by atoms with Gasteiger partial charge in [-0.05, 0) is 37.3 Å². The first-order valence-corrected chi connectivity index (χ1v) is 10.8. The Morgan fingerprint density at radius 2 is 1.91 bits per heavy atom. The molecule has 2 N–H and O–H groups in total. The quantitative estimate of drug-likeness (QED) is 0.356. The van der Waals surface area contributed by atoms with Crippen molar-refractivity contribution in [3.8, 4) is 33.0 Å². The molecule has 0 unspecified atom stereocenters. The van der Waals surface area contributed by atoms with Crippen molar-refractivity contribution < 1.29 is 4.79 Å². The first-order valence-electron chi connectivity index (χ1n) is 10.00. The lowest BCUT2D eigenvalue weighted by Crippen LogP contribution is -1.83. The first kappa shape index (κ1) is 18.6. The molecule has 0 aromatic carbocycles. The van der Waals surface area contributed by atoms with E-state index in [0.717, 1.165) is 54.1 Å². The number of nitrogens with zero attached hydrogens (tertiary/aromatic N) is 4. The standard InChI is InChI=1S/C24H16N6OS/c1-13(31)21-4-5-22(32-21)18-11-26-12-20-16(18)8-19(28-20)23-17-7-15(10-27-24(17)30-29-23)14-3-2-6-25-9-14/h2-12,28H,1H3,(H,27,29,30). The van der Waals surface area contributed by atoms with Crippen LogP contribution in [-0.4, -0.2) is 35.9 Å². The van der Waals surface area contributed by atoms with Crippen molar-refractivity contribution in [1.82, 2.24) is 30.1 Å². The monoisotopic (exact) mass is 436 g/mol. The van der Waals surface area contributed by atoms with E-state index in [2.05, 4.69) is 42.3 Å². The third-order valence-corrected chi connectivity index (χ3v) is 6.66. The topological polar surface area (TPSA) is 100 Å². The summed E-state index contributed by atoms with van der Waals surface area (Å²) in [5.41, 5.74) is 6.27. The number of hydrogen-bond acceptors (Lipinski definition) is 6. The van der Waals surface area contributed by atoms with E-state index in [1.165, 1.54) is 11.3 Å². The molecular weight excluding hydrogens is 420 g/mol. The fraction of sp³-hybridized carbons (Fsp3) is 0.0417. The van der Waals surface area contributed by atoms with Crippen LogP contribution in [0.3, 0.4) is 0 Å². The van der Waals surface area contributed by atoms with Crippen molar-refractivity contribution in [2.45, 2.75) is 6.92 Å². The van der Waals surface area contributed by atoms with E-state index in [1.54, 1.807) is 25.5 Å². The van der Waals surface area contributed by atoms with E-state index >= 15 is 0 Å². The summed E-state index contributed by atoms with van der Waals surface area (Å²) < 4.78 is 0. The number of hydrogen-bond donors (Lipinski definition) is 2. The van der Waals surface area contributed by atoms with Gasteiger partial charge in [0.15, 0.2) is 11.4 Å². The molecule has 0 bridgehead atoms. The number of carbonyl (C=O) groups excluding carboxylic acids is 1. The summed E-state index contributed by atoms with van der Waals surface area (Å²) in [5, 5.41) is 9.46. The number of fused-ring (bicyclic) bond motifs is 2. The molecule has 6 heterocycles. The van der Waals surface area contributed by atoms with Crippen LogP contribution in [0.1, 0.15) is 16.6 Å². The molecular formula is C24H16N6OS. The normalized spacial score (nSPS) is 11.4. The molecule has 7 nitrogen and oxygen atoms in total. The molecule has 0 atom stereocenters. The first-order chi connectivity index (χ1) is 15.7. The van der Waals surface area contributed by atoms with Crippen LogP contribution in [0.25, 0.3) is 54.9 Å². The molecule has 6 rings (SSSR count). The number of aromatic nitrogens is 6. The highest BCUT2D eigenvalue weighted by Gasteiger charge is 2.16. The number of H-pyrrole nitrogens is 2. The maximum absolute atomic E-state index is 11.7. The number of carbonyl (C=O) groups is 1. The third kappa shape index (κ3) is 3.00. The lowest BCUT2D eigenvalue weighted by atomic mass is 10.1. The second-order valence-corrected chi connectivity index (χ2v) is 8.57. The van der Waals surface area contributed by atoms with Crippen LogP contribution in [-0.2, 0) is 0 Å². The van der Waals surface area contributed by atoms with Gasteiger partial charge < -0.3 is 4.98 Å². The van der Waals surface area contributed by atoms with E-state index < -0.39 is 0 Å². The molecule has 0 saturated heterocycles. The van der Waals surface area contributed by atoms with Gasteiger partial charge in [0.25, 0.3) is 0 Å². The van der Waals surface area contributed by atoms with Gasteiger partial charge in [-0.15, -0.1) is 11.3 Å². The van der Waals surface area contributed by atoms with Crippen LogP contribution in [0.4, 0.5) is 0 Å². The zero-order valence-electron chi connectivity index (χ0n) is 17.0. The van der Waals surface area contributed by atoms with E-state index in [4.69, 9.17) is 0 Å². The molecule has 6 aromatic rings. The number of ketones is 1. The van der Waals surface area contributed by atoms with Gasteiger partial charge in [-0.2, -0.15) is 5.10 Å². The maximum Gasteiger partial charge on any atom is 0.181 e. The predicted octanol–water partition coefficient (Wildman–Crippen LogP) is 5.49. The van der Waals surface area contributed by atoms with Gasteiger partial charge in [0.05, 0.1) is 28.0 Å². The molecule has 32 heavy (non-hydrogen) atoms. The van der Waals surface area contributed by atoms with Crippen molar-refractivity contribution >= 4 is 39.1 Å². The van der Waals surface area contributed by atoms with Crippen molar-refractivity contribution in [2.75, 3.05) is 0 Å². The van der Waals surface area contributed by atoms with Gasteiger partial charge in [-0.3, -0.25) is 19.9 Å². The third-order valence-electron chi connectivity index (χ3n) is 5.44. The fourth-order valence-corrected chi connectivity index (χ4v) is 4.78.